The average Bonchev–Trinajstić information content (AvgIpc) is 2.48. The zero-order valence-electron chi connectivity index (χ0n) is 7.59. The molecule has 0 amide bonds. The molecule has 0 spiro atoms. The largest absolute Gasteiger partial charge is 0.458 e. The molecule has 0 aliphatic rings. The molecule has 0 unspecified atom stereocenters. The number of rotatable bonds is 4. The van der Waals surface area contributed by atoms with Gasteiger partial charge in [0.05, 0.1) is 0 Å². The Morgan fingerprint density at radius 3 is 2.75 bits per heavy atom. The summed E-state index contributed by atoms with van der Waals surface area (Å²) in [5.41, 5.74) is 0. The van der Waals surface area contributed by atoms with Crippen molar-refractivity contribution in [3.8, 4) is 0 Å². The third kappa shape index (κ3) is 2.22. The van der Waals surface area contributed by atoms with Gasteiger partial charge in [0.25, 0.3) is 0 Å². The molecule has 1 rings (SSSR count). The summed E-state index contributed by atoms with van der Waals surface area (Å²) in [6, 6.07) is 3.62. The smallest absolute Gasteiger partial charge is 0.194 e. The van der Waals surface area contributed by atoms with E-state index >= 15 is 0 Å². The molecule has 0 saturated heterocycles. The monoisotopic (exact) mass is 166 g/mol. The number of hydrogen-bond donors (Lipinski definition) is 0. The van der Waals surface area contributed by atoms with Crippen LogP contribution in [0.4, 0.5) is 0 Å². The minimum absolute atomic E-state index is 0.00208. The van der Waals surface area contributed by atoms with Gasteiger partial charge in [-0.1, -0.05) is 13.3 Å². The number of aryl methyl sites for hydroxylation is 1. The maximum Gasteiger partial charge on any atom is 0.194 e. The van der Waals surface area contributed by atoms with Gasteiger partial charge in [0.15, 0.2) is 11.5 Å². The van der Waals surface area contributed by atoms with Crippen LogP contribution in [0.5, 0.6) is 0 Å². The summed E-state index contributed by atoms with van der Waals surface area (Å²) >= 11 is 0. The Labute approximate surface area is 72.6 Å². The van der Waals surface area contributed by atoms with E-state index in [1.165, 1.54) is 6.92 Å². The number of furan rings is 1. The molecule has 12 heavy (non-hydrogen) atoms. The molecule has 0 aromatic carbocycles. The highest BCUT2D eigenvalue weighted by atomic mass is 16.3. The maximum atomic E-state index is 10.8. The van der Waals surface area contributed by atoms with Crippen molar-refractivity contribution in [1.29, 1.82) is 0 Å². The molecule has 0 N–H and O–H groups in total. The number of Topliss-reactive ketones (excluding diaryl/α,β-unsaturated/α-hetero) is 1. The lowest BCUT2D eigenvalue weighted by atomic mass is 10.2. The summed E-state index contributed by atoms with van der Waals surface area (Å²) in [6.45, 7) is 3.65. The maximum absolute atomic E-state index is 10.8. The van der Waals surface area contributed by atoms with Crippen LogP contribution in [0.1, 0.15) is 43.0 Å². The normalized spacial score (nSPS) is 10.2. The van der Waals surface area contributed by atoms with Gasteiger partial charge in [-0.3, -0.25) is 4.79 Å². The molecular weight excluding hydrogens is 152 g/mol. The SMILES string of the molecule is CCCCc1ccc(C(C)=O)o1. The fraction of sp³-hybridized carbons (Fsp3) is 0.500. The highest BCUT2D eigenvalue weighted by Crippen LogP contribution is 2.10. The molecule has 0 aliphatic heterocycles. The molecule has 0 bridgehead atoms. The number of hydrogen-bond acceptors (Lipinski definition) is 2. The quantitative estimate of drug-likeness (QED) is 0.644. The lowest BCUT2D eigenvalue weighted by Crippen LogP contribution is -1.86. The Bertz CT molecular complexity index is 261. The molecule has 1 aromatic heterocycles. The van der Waals surface area contributed by atoms with Crippen LogP contribution in [0.25, 0.3) is 0 Å². The highest BCUT2D eigenvalue weighted by Gasteiger charge is 2.04. The van der Waals surface area contributed by atoms with Gasteiger partial charge in [0.1, 0.15) is 5.76 Å². The fourth-order valence-electron chi connectivity index (χ4n) is 1.05. The number of carbonyl (C=O) groups excluding carboxylic acids is 1. The van der Waals surface area contributed by atoms with Crippen LogP contribution in [0.3, 0.4) is 0 Å². The van der Waals surface area contributed by atoms with Crippen molar-refractivity contribution in [3.63, 3.8) is 0 Å². The van der Waals surface area contributed by atoms with Crippen LogP contribution >= 0.6 is 0 Å². The Balaban J connectivity index is 2.58. The zero-order valence-corrected chi connectivity index (χ0v) is 7.59. The third-order valence-electron chi connectivity index (χ3n) is 1.79. The first-order chi connectivity index (χ1) is 5.74. The standard InChI is InChI=1S/C10H14O2/c1-3-4-5-9-6-7-10(12-9)8(2)11/h6-7H,3-5H2,1-2H3. The highest BCUT2D eigenvalue weighted by molar-refractivity contribution is 5.91. The molecular formula is C10H14O2. The first kappa shape index (κ1) is 9.04. The van der Waals surface area contributed by atoms with Gasteiger partial charge in [-0.2, -0.15) is 0 Å². The third-order valence-corrected chi connectivity index (χ3v) is 1.79. The van der Waals surface area contributed by atoms with Crippen LogP contribution in [0.2, 0.25) is 0 Å². The van der Waals surface area contributed by atoms with Crippen LogP contribution in [-0.4, -0.2) is 5.78 Å². The van der Waals surface area contributed by atoms with E-state index in [9.17, 15) is 4.79 Å². The van der Waals surface area contributed by atoms with Crippen molar-refractivity contribution in [2.45, 2.75) is 33.1 Å². The van der Waals surface area contributed by atoms with E-state index in [1.807, 2.05) is 6.07 Å². The molecule has 0 atom stereocenters. The Kier molecular flexibility index (Phi) is 3.09. The van der Waals surface area contributed by atoms with Crippen molar-refractivity contribution in [2.24, 2.45) is 0 Å². The second-order valence-electron chi connectivity index (χ2n) is 2.93. The van der Waals surface area contributed by atoms with Crippen LogP contribution in [0, 0.1) is 0 Å². The summed E-state index contributed by atoms with van der Waals surface area (Å²) in [5.74, 6) is 1.39. The summed E-state index contributed by atoms with van der Waals surface area (Å²) in [6.07, 6.45) is 3.20. The van der Waals surface area contributed by atoms with Gasteiger partial charge in [0, 0.05) is 13.3 Å². The first-order valence-corrected chi connectivity index (χ1v) is 4.33. The first-order valence-electron chi connectivity index (χ1n) is 4.33. The number of carbonyl (C=O) groups is 1. The lowest BCUT2D eigenvalue weighted by molar-refractivity contribution is 0.0985. The van der Waals surface area contributed by atoms with Crippen LogP contribution in [0.15, 0.2) is 16.5 Å². The molecule has 2 heteroatoms. The topological polar surface area (TPSA) is 30.2 Å². The molecule has 66 valence electrons. The molecule has 1 aromatic rings. The van der Waals surface area contributed by atoms with E-state index in [0.717, 1.165) is 25.0 Å². The minimum Gasteiger partial charge on any atom is -0.458 e. The second kappa shape index (κ2) is 4.10. The number of unbranched alkanes of at least 4 members (excludes halogenated alkanes) is 1. The Hall–Kier alpha value is -1.05. The predicted octanol–water partition coefficient (Wildman–Crippen LogP) is 2.82. The van der Waals surface area contributed by atoms with Crippen LogP contribution in [-0.2, 0) is 6.42 Å². The summed E-state index contributed by atoms with van der Waals surface area (Å²) in [7, 11) is 0. The van der Waals surface area contributed by atoms with Gasteiger partial charge in [0.2, 0.25) is 0 Å². The lowest BCUT2D eigenvalue weighted by Gasteiger charge is -1.92. The van der Waals surface area contributed by atoms with Crippen molar-refractivity contribution >= 4 is 5.78 Å². The predicted molar refractivity (Wildman–Crippen MR) is 47.3 cm³/mol. The van der Waals surface area contributed by atoms with Crippen molar-refractivity contribution < 1.29 is 9.21 Å². The fourth-order valence-corrected chi connectivity index (χ4v) is 1.05. The average molecular weight is 166 g/mol. The van der Waals surface area contributed by atoms with Crippen molar-refractivity contribution in [3.05, 3.63) is 23.7 Å². The zero-order chi connectivity index (χ0) is 8.97. The van der Waals surface area contributed by atoms with Gasteiger partial charge in [-0.15, -0.1) is 0 Å². The second-order valence-corrected chi connectivity index (χ2v) is 2.93. The van der Waals surface area contributed by atoms with Crippen molar-refractivity contribution in [2.75, 3.05) is 0 Å². The molecule has 0 radical (unpaired) electrons. The molecule has 1 heterocycles. The van der Waals surface area contributed by atoms with Gasteiger partial charge in [-0.05, 0) is 18.6 Å². The van der Waals surface area contributed by atoms with E-state index in [2.05, 4.69) is 6.92 Å². The van der Waals surface area contributed by atoms with E-state index in [-0.39, 0.29) is 5.78 Å². The van der Waals surface area contributed by atoms with Crippen LogP contribution < -0.4 is 0 Å². The van der Waals surface area contributed by atoms with E-state index in [4.69, 9.17) is 4.42 Å². The summed E-state index contributed by atoms with van der Waals surface area (Å²) < 4.78 is 5.30. The Morgan fingerprint density at radius 1 is 1.50 bits per heavy atom. The summed E-state index contributed by atoms with van der Waals surface area (Å²) in [4.78, 5) is 10.8. The Morgan fingerprint density at radius 2 is 2.25 bits per heavy atom. The van der Waals surface area contributed by atoms with E-state index in [0.29, 0.717) is 5.76 Å². The van der Waals surface area contributed by atoms with Gasteiger partial charge >= 0.3 is 0 Å². The van der Waals surface area contributed by atoms with E-state index in [1.54, 1.807) is 6.07 Å². The molecule has 2 nitrogen and oxygen atoms in total. The van der Waals surface area contributed by atoms with Gasteiger partial charge in [-0.25, -0.2) is 0 Å². The van der Waals surface area contributed by atoms with Crippen molar-refractivity contribution in [1.82, 2.24) is 0 Å². The van der Waals surface area contributed by atoms with Gasteiger partial charge < -0.3 is 4.42 Å². The molecule has 0 fully saturated rings. The summed E-state index contributed by atoms with van der Waals surface area (Å²) in [5, 5.41) is 0. The molecule has 0 aliphatic carbocycles. The number of ketones is 1. The molecule has 0 saturated carbocycles. The minimum atomic E-state index is -0.00208. The van der Waals surface area contributed by atoms with E-state index < -0.39 is 0 Å².